The highest BCUT2D eigenvalue weighted by Gasteiger charge is 2.22. The second-order valence-corrected chi connectivity index (χ2v) is 6.01. The Labute approximate surface area is 120 Å². The molecule has 0 bridgehead atoms. The molecule has 0 spiro atoms. The van der Waals surface area contributed by atoms with Crippen molar-refractivity contribution in [3.05, 3.63) is 16.8 Å². The maximum Gasteiger partial charge on any atom is 0.305 e. The van der Waals surface area contributed by atoms with Gasteiger partial charge in [0, 0.05) is 11.2 Å². The second-order valence-electron chi connectivity index (χ2n) is 3.24. The van der Waals surface area contributed by atoms with Gasteiger partial charge >= 0.3 is 10.4 Å². The zero-order chi connectivity index (χ0) is 15.1. The van der Waals surface area contributed by atoms with Crippen LogP contribution in [0, 0.1) is 0 Å². The van der Waals surface area contributed by atoms with Gasteiger partial charge in [0.1, 0.15) is 17.7 Å². The molecule has 1 aromatic heterocycles. The SMILES string of the molecule is CO/N=C/c1sc([S+]([O-])CCC(F)=C(F)F)nc1OC. The van der Waals surface area contributed by atoms with Crippen molar-refractivity contribution in [2.45, 2.75) is 10.8 Å². The first-order valence-corrected chi connectivity index (χ1v) is 7.32. The first-order chi connectivity index (χ1) is 9.49. The molecule has 10 heteroatoms. The van der Waals surface area contributed by atoms with Crippen molar-refractivity contribution in [1.29, 1.82) is 0 Å². The molecule has 0 saturated carbocycles. The maximum absolute atomic E-state index is 12.6. The molecule has 0 fully saturated rings. The van der Waals surface area contributed by atoms with E-state index in [0.29, 0.717) is 4.88 Å². The summed E-state index contributed by atoms with van der Waals surface area (Å²) in [6, 6.07) is 0. The molecule has 0 N–H and O–H groups in total. The monoisotopic (exact) mass is 328 g/mol. The molecule has 0 saturated heterocycles. The number of halogens is 3. The number of methoxy groups -OCH3 is 1. The van der Waals surface area contributed by atoms with E-state index in [4.69, 9.17) is 4.74 Å². The highest BCUT2D eigenvalue weighted by Crippen LogP contribution is 2.28. The third-order valence-electron chi connectivity index (χ3n) is 1.98. The van der Waals surface area contributed by atoms with E-state index in [2.05, 4.69) is 15.0 Å². The van der Waals surface area contributed by atoms with Crippen LogP contribution in [0.3, 0.4) is 0 Å². The van der Waals surface area contributed by atoms with E-state index in [1.807, 2.05) is 0 Å². The highest BCUT2D eigenvalue weighted by molar-refractivity contribution is 7.93. The van der Waals surface area contributed by atoms with Crippen molar-refractivity contribution in [3.63, 3.8) is 0 Å². The van der Waals surface area contributed by atoms with Crippen molar-refractivity contribution in [2.75, 3.05) is 20.0 Å². The topological polar surface area (TPSA) is 66.8 Å². The summed E-state index contributed by atoms with van der Waals surface area (Å²) in [5.41, 5.74) is 0. The van der Waals surface area contributed by atoms with Crippen molar-refractivity contribution in [3.8, 4) is 5.88 Å². The Morgan fingerprint density at radius 1 is 1.45 bits per heavy atom. The first-order valence-electron chi connectivity index (χ1n) is 5.19. The summed E-state index contributed by atoms with van der Waals surface area (Å²) in [7, 11) is 2.72. The lowest BCUT2D eigenvalue weighted by atomic mass is 10.4. The van der Waals surface area contributed by atoms with Crippen LogP contribution in [0.2, 0.25) is 0 Å². The maximum atomic E-state index is 12.6. The summed E-state index contributed by atoms with van der Waals surface area (Å²) in [4.78, 5) is 8.89. The summed E-state index contributed by atoms with van der Waals surface area (Å²) in [5.74, 6) is -1.67. The Bertz CT molecular complexity index is 504. The summed E-state index contributed by atoms with van der Waals surface area (Å²) >= 11 is -0.699. The smallest absolute Gasteiger partial charge is 0.305 e. The minimum Gasteiger partial charge on any atom is -0.610 e. The lowest BCUT2D eigenvalue weighted by Crippen LogP contribution is -2.07. The van der Waals surface area contributed by atoms with E-state index in [9.17, 15) is 17.7 Å². The predicted molar refractivity (Wildman–Crippen MR) is 69.5 cm³/mol. The number of nitrogens with zero attached hydrogens (tertiary/aromatic N) is 2. The van der Waals surface area contributed by atoms with Crippen LogP contribution in [0.4, 0.5) is 13.2 Å². The normalized spacial score (nSPS) is 12.5. The quantitative estimate of drug-likeness (QED) is 0.438. The molecule has 0 aliphatic carbocycles. The van der Waals surface area contributed by atoms with E-state index < -0.39 is 29.5 Å². The Kier molecular flexibility index (Phi) is 6.82. The lowest BCUT2D eigenvalue weighted by Gasteiger charge is -2.04. The molecule has 1 heterocycles. The van der Waals surface area contributed by atoms with Crippen LogP contribution in [0.1, 0.15) is 11.3 Å². The number of thiazole rings is 1. The van der Waals surface area contributed by atoms with E-state index in [0.717, 1.165) is 11.3 Å². The van der Waals surface area contributed by atoms with Gasteiger partial charge in [0.05, 0.1) is 19.7 Å². The standard InChI is InChI=1S/C10H11F3N2O3S2/c1-17-9-7(5-14-18-2)19-10(15-9)20(16)4-3-6(11)8(12)13/h5H,3-4H2,1-2H3/b14-5+. The van der Waals surface area contributed by atoms with Crippen molar-refractivity contribution in [1.82, 2.24) is 4.98 Å². The van der Waals surface area contributed by atoms with Gasteiger partial charge in [-0.1, -0.05) is 16.5 Å². The van der Waals surface area contributed by atoms with Crippen molar-refractivity contribution < 1.29 is 27.3 Å². The minimum absolute atomic E-state index is 0.145. The highest BCUT2D eigenvalue weighted by atomic mass is 32.2. The molecule has 0 aliphatic rings. The average molecular weight is 328 g/mol. The average Bonchev–Trinajstić information content (AvgIpc) is 2.85. The van der Waals surface area contributed by atoms with Gasteiger partial charge < -0.3 is 14.1 Å². The molecule has 5 nitrogen and oxygen atoms in total. The molecular weight excluding hydrogens is 317 g/mol. The molecule has 0 aromatic carbocycles. The number of ether oxygens (including phenoxy) is 1. The summed E-state index contributed by atoms with van der Waals surface area (Å²) < 4.78 is 53.3. The fraction of sp³-hybridized carbons (Fsp3) is 0.400. The van der Waals surface area contributed by atoms with E-state index >= 15 is 0 Å². The molecule has 0 aliphatic heterocycles. The molecule has 1 aromatic rings. The van der Waals surface area contributed by atoms with Crippen LogP contribution < -0.4 is 4.74 Å². The van der Waals surface area contributed by atoms with Gasteiger partial charge in [-0.15, -0.1) is 0 Å². The number of allylic oxidation sites excluding steroid dienone is 1. The molecule has 20 heavy (non-hydrogen) atoms. The Morgan fingerprint density at radius 3 is 2.70 bits per heavy atom. The zero-order valence-electron chi connectivity index (χ0n) is 10.6. The van der Waals surface area contributed by atoms with Crippen molar-refractivity contribution in [2.24, 2.45) is 5.16 Å². The number of aromatic nitrogens is 1. The molecule has 1 unspecified atom stereocenters. The van der Waals surface area contributed by atoms with Crippen LogP contribution in [0.25, 0.3) is 0 Å². The van der Waals surface area contributed by atoms with Crippen LogP contribution in [-0.4, -0.2) is 35.7 Å². The van der Waals surface area contributed by atoms with Crippen LogP contribution in [0.5, 0.6) is 5.88 Å². The van der Waals surface area contributed by atoms with Gasteiger partial charge in [-0.25, -0.2) is 4.39 Å². The second kappa shape index (κ2) is 8.12. The summed E-state index contributed by atoms with van der Waals surface area (Å²) in [6.45, 7) is 0. The molecular formula is C10H11F3N2O3S2. The Balaban J connectivity index is 2.78. The lowest BCUT2D eigenvalue weighted by molar-refractivity contribution is 0.215. The molecule has 1 atom stereocenters. The Morgan fingerprint density at radius 2 is 2.15 bits per heavy atom. The molecule has 0 radical (unpaired) electrons. The third kappa shape index (κ3) is 4.69. The molecule has 1 rings (SSSR count). The van der Waals surface area contributed by atoms with E-state index in [1.165, 1.54) is 20.4 Å². The van der Waals surface area contributed by atoms with Crippen LogP contribution in [-0.2, 0) is 16.0 Å². The van der Waals surface area contributed by atoms with Gasteiger partial charge in [0.25, 0.3) is 0 Å². The van der Waals surface area contributed by atoms with E-state index in [1.54, 1.807) is 0 Å². The number of rotatable bonds is 7. The van der Waals surface area contributed by atoms with Gasteiger partial charge in [-0.2, -0.15) is 13.8 Å². The van der Waals surface area contributed by atoms with Gasteiger partial charge in [0.15, 0.2) is 5.83 Å². The van der Waals surface area contributed by atoms with E-state index in [-0.39, 0.29) is 16.0 Å². The molecule has 0 amide bonds. The largest absolute Gasteiger partial charge is 0.610 e. The van der Waals surface area contributed by atoms with Crippen LogP contribution in [0.15, 0.2) is 21.4 Å². The Hall–Kier alpha value is -1.26. The van der Waals surface area contributed by atoms with Crippen LogP contribution >= 0.6 is 11.3 Å². The number of hydrogen-bond acceptors (Lipinski definition) is 6. The minimum atomic E-state index is -2.40. The van der Waals surface area contributed by atoms with Crippen molar-refractivity contribution >= 4 is 28.7 Å². The summed E-state index contributed by atoms with van der Waals surface area (Å²) in [5, 5.41) is 3.52. The zero-order valence-corrected chi connectivity index (χ0v) is 12.2. The fourth-order valence-corrected chi connectivity index (χ4v) is 3.33. The number of oxime groups is 1. The first kappa shape index (κ1) is 16.8. The summed E-state index contributed by atoms with van der Waals surface area (Å²) in [6.07, 6.45) is -1.69. The predicted octanol–water partition coefficient (Wildman–Crippen LogP) is 2.71. The molecule has 112 valence electrons. The van der Waals surface area contributed by atoms with Gasteiger partial charge in [0.2, 0.25) is 5.88 Å². The fourth-order valence-electron chi connectivity index (χ4n) is 1.09. The third-order valence-corrected chi connectivity index (χ3v) is 4.61. The number of hydrogen-bond donors (Lipinski definition) is 0. The van der Waals surface area contributed by atoms with Gasteiger partial charge in [-0.05, 0) is 0 Å². The van der Waals surface area contributed by atoms with Gasteiger partial charge in [-0.3, -0.25) is 0 Å².